The Morgan fingerprint density at radius 2 is 1.86 bits per heavy atom. The Hall–Kier alpha value is -4.17. The normalized spacial score (nSPS) is 11.0. The van der Waals surface area contributed by atoms with Gasteiger partial charge in [0.05, 0.1) is 24.2 Å². The van der Waals surface area contributed by atoms with E-state index in [1.54, 1.807) is 19.2 Å². The molecule has 4 aromatic rings. The van der Waals surface area contributed by atoms with Crippen molar-refractivity contribution in [2.45, 2.75) is 19.9 Å². The molecule has 186 valence electrons. The topological polar surface area (TPSA) is 89.8 Å². The molecule has 8 nitrogen and oxygen atoms in total. The molecule has 0 radical (unpaired) electrons. The quantitative estimate of drug-likeness (QED) is 0.155. The second-order valence-electron chi connectivity index (χ2n) is 8.72. The Bertz CT molecular complexity index is 1340. The fourth-order valence-electron chi connectivity index (χ4n) is 4.09. The number of nitrogens with one attached hydrogen (secondary N) is 1. The predicted octanol–water partition coefficient (Wildman–Crippen LogP) is 6.10. The minimum absolute atomic E-state index is 0.110. The van der Waals surface area contributed by atoms with E-state index in [9.17, 15) is 10.1 Å². The third-order valence-electron chi connectivity index (χ3n) is 5.85. The molecule has 4 rings (SSSR count). The molecule has 8 heteroatoms. The number of nitro groups is 1. The highest BCUT2D eigenvalue weighted by atomic mass is 16.6. The second kappa shape index (κ2) is 11.5. The van der Waals surface area contributed by atoms with Crippen molar-refractivity contribution in [2.75, 3.05) is 32.6 Å². The van der Waals surface area contributed by atoms with Gasteiger partial charge in [0.1, 0.15) is 11.9 Å². The highest BCUT2D eigenvalue weighted by Crippen LogP contribution is 2.39. The fourth-order valence-corrected chi connectivity index (χ4v) is 4.09. The van der Waals surface area contributed by atoms with E-state index in [2.05, 4.69) is 34.4 Å². The van der Waals surface area contributed by atoms with Crippen molar-refractivity contribution in [3.8, 4) is 11.5 Å². The van der Waals surface area contributed by atoms with Gasteiger partial charge in [-0.15, -0.1) is 0 Å². The smallest absolute Gasteiger partial charge is 0.311 e. The summed E-state index contributed by atoms with van der Waals surface area (Å²) in [6.45, 7) is 4.22. The van der Waals surface area contributed by atoms with Gasteiger partial charge >= 0.3 is 5.69 Å². The van der Waals surface area contributed by atoms with Gasteiger partial charge in [0.25, 0.3) is 0 Å². The zero-order chi connectivity index (χ0) is 25.5. The molecule has 0 spiro atoms. The summed E-state index contributed by atoms with van der Waals surface area (Å²) in [4.78, 5) is 17.9. The van der Waals surface area contributed by atoms with Crippen molar-refractivity contribution in [2.24, 2.45) is 0 Å². The third-order valence-corrected chi connectivity index (χ3v) is 5.85. The van der Waals surface area contributed by atoms with Crippen LogP contribution in [0.1, 0.15) is 17.5 Å². The van der Waals surface area contributed by atoms with Crippen molar-refractivity contribution in [1.82, 2.24) is 9.88 Å². The number of aromatic nitrogens is 1. The summed E-state index contributed by atoms with van der Waals surface area (Å²) < 4.78 is 11.6. The molecule has 3 aromatic carbocycles. The lowest BCUT2D eigenvalue weighted by molar-refractivity contribution is -0.384. The SMILES string of the molecule is COc1cc2c(Nc3cccc(C)c3)c([N+](=O)[O-])cnc2cc1OCCCN(C)Cc1ccccc1. The number of methoxy groups -OCH3 is 1. The zero-order valence-corrected chi connectivity index (χ0v) is 20.7. The minimum atomic E-state index is -0.437. The van der Waals surface area contributed by atoms with E-state index in [0.29, 0.717) is 34.7 Å². The third kappa shape index (κ3) is 6.09. The maximum Gasteiger partial charge on any atom is 0.311 e. The summed E-state index contributed by atoms with van der Waals surface area (Å²) in [5, 5.41) is 15.5. The van der Waals surface area contributed by atoms with E-state index >= 15 is 0 Å². The van der Waals surface area contributed by atoms with Crippen LogP contribution in [0.2, 0.25) is 0 Å². The van der Waals surface area contributed by atoms with Crippen molar-refractivity contribution < 1.29 is 14.4 Å². The number of benzene rings is 3. The lowest BCUT2D eigenvalue weighted by Crippen LogP contribution is -2.20. The predicted molar refractivity (Wildman–Crippen MR) is 142 cm³/mol. The molecule has 1 heterocycles. The number of aryl methyl sites for hydroxylation is 1. The van der Waals surface area contributed by atoms with Gasteiger partial charge in [-0.1, -0.05) is 42.5 Å². The van der Waals surface area contributed by atoms with Gasteiger partial charge in [0.15, 0.2) is 11.5 Å². The summed E-state index contributed by atoms with van der Waals surface area (Å²) in [6.07, 6.45) is 2.10. The van der Waals surface area contributed by atoms with Crippen LogP contribution in [-0.2, 0) is 6.54 Å². The Kier molecular flexibility index (Phi) is 7.97. The van der Waals surface area contributed by atoms with E-state index in [1.165, 1.54) is 11.8 Å². The minimum Gasteiger partial charge on any atom is -0.493 e. The molecule has 0 unspecified atom stereocenters. The van der Waals surface area contributed by atoms with E-state index in [0.717, 1.165) is 30.8 Å². The zero-order valence-electron chi connectivity index (χ0n) is 20.7. The van der Waals surface area contributed by atoms with Crippen LogP contribution in [0.5, 0.6) is 11.5 Å². The Morgan fingerprint density at radius 1 is 1.06 bits per heavy atom. The highest BCUT2D eigenvalue weighted by Gasteiger charge is 2.21. The molecule has 0 amide bonds. The Balaban J connectivity index is 1.51. The maximum absolute atomic E-state index is 11.8. The second-order valence-corrected chi connectivity index (χ2v) is 8.72. The monoisotopic (exact) mass is 486 g/mol. The summed E-state index contributed by atoms with van der Waals surface area (Å²) in [5.74, 6) is 1.05. The van der Waals surface area contributed by atoms with Crippen molar-refractivity contribution in [3.05, 3.63) is 94.2 Å². The number of fused-ring (bicyclic) bond motifs is 1. The number of nitrogens with zero attached hydrogens (tertiary/aromatic N) is 3. The first-order valence-electron chi connectivity index (χ1n) is 11.8. The van der Waals surface area contributed by atoms with Gasteiger partial charge in [-0.25, -0.2) is 4.98 Å². The van der Waals surface area contributed by atoms with Gasteiger partial charge in [0, 0.05) is 30.2 Å². The molecule has 0 aliphatic rings. The number of anilines is 2. The fraction of sp³-hybridized carbons (Fsp3) is 0.250. The highest BCUT2D eigenvalue weighted by molar-refractivity contribution is 5.99. The van der Waals surface area contributed by atoms with E-state index in [4.69, 9.17) is 9.47 Å². The lowest BCUT2D eigenvalue weighted by Gasteiger charge is -2.18. The molecule has 0 saturated heterocycles. The number of ether oxygens (including phenoxy) is 2. The first kappa shape index (κ1) is 24.9. The van der Waals surface area contributed by atoms with Gasteiger partial charge in [-0.2, -0.15) is 0 Å². The first-order chi connectivity index (χ1) is 17.4. The average molecular weight is 487 g/mol. The van der Waals surface area contributed by atoms with Crippen LogP contribution in [0.25, 0.3) is 10.9 Å². The van der Waals surface area contributed by atoms with Crippen LogP contribution < -0.4 is 14.8 Å². The van der Waals surface area contributed by atoms with Crippen LogP contribution in [0, 0.1) is 17.0 Å². The average Bonchev–Trinajstić information content (AvgIpc) is 2.86. The summed E-state index contributed by atoms with van der Waals surface area (Å²) in [7, 11) is 3.64. The summed E-state index contributed by atoms with van der Waals surface area (Å²) >= 11 is 0. The molecule has 1 N–H and O–H groups in total. The number of hydrogen-bond acceptors (Lipinski definition) is 7. The van der Waals surface area contributed by atoms with E-state index < -0.39 is 4.92 Å². The van der Waals surface area contributed by atoms with Crippen molar-refractivity contribution >= 4 is 28.0 Å². The first-order valence-corrected chi connectivity index (χ1v) is 11.8. The standard InChI is InChI=1S/C28H30N4O4/c1-20-9-7-12-22(15-20)30-28-23-16-26(35-3)27(17-24(23)29-18-25(28)32(33)34)36-14-8-13-31(2)19-21-10-5-4-6-11-21/h4-7,9-12,15-18H,8,13-14,19H2,1-3H3,(H,29,30). The van der Waals surface area contributed by atoms with Gasteiger partial charge in [0.2, 0.25) is 0 Å². The van der Waals surface area contributed by atoms with Gasteiger partial charge in [-0.3, -0.25) is 10.1 Å². The number of hydrogen-bond donors (Lipinski definition) is 1. The summed E-state index contributed by atoms with van der Waals surface area (Å²) in [6, 6.07) is 21.5. The molecule has 0 fully saturated rings. The van der Waals surface area contributed by atoms with Crippen LogP contribution in [0.4, 0.5) is 17.1 Å². The Labute approximate surface area is 210 Å². The van der Waals surface area contributed by atoms with Crippen LogP contribution in [0.15, 0.2) is 72.9 Å². The molecule has 0 saturated carbocycles. The number of rotatable bonds is 11. The molecule has 0 aliphatic heterocycles. The molecule has 0 atom stereocenters. The van der Waals surface area contributed by atoms with E-state index in [-0.39, 0.29) is 5.69 Å². The Morgan fingerprint density at radius 3 is 2.58 bits per heavy atom. The molecule has 0 bridgehead atoms. The van der Waals surface area contributed by atoms with Crippen LogP contribution >= 0.6 is 0 Å². The molecule has 1 aromatic heterocycles. The largest absolute Gasteiger partial charge is 0.493 e. The number of pyridine rings is 1. The summed E-state index contributed by atoms with van der Waals surface area (Å²) in [5.41, 5.74) is 3.90. The van der Waals surface area contributed by atoms with Crippen LogP contribution in [0.3, 0.4) is 0 Å². The molecule has 0 aliphatic carbocycles. The molecular weight excluding hydrogens is 456 g/mol. The van der Waals surface area contributed by atoms with Gasteiger partial charge < -0.3 is 19.7 Å². The van der Waals surface area contributed by atoms with Crippen molar-refractivity contribution in [3.63, 3.8) is 0 Å². The van der Waals surface area contributed by atoms with Crippen molar-refractivity contribution in [1.29, 1.82) is 0 Å². The molecule has 36 heavy (non-hydrogen) atoms. The van der Waals surface area contributed by atoms with Crippen LogP contribution in [-0.4, -0.2) is 42.1 Å². The van der Waals surface area contributed by atoms with Gasteiger partial charge in [-0.05, 0) is 49.7 Å². The van der Waals surface area contributed by atoms with E-state index in [1.807, 2.05) is 49.4 Å². The maximum atomic E-state index is 11.8. The lowest BCUT2D eigenvalue weighted by atomic mass is 10.1. The molecular formula is C28H30N4O4.